The number of hydrogen-bond donors (Lipinski definition) is 2. The van der Waals surface area contributed by atoms with Crippen molar-refractivity contribution in [2.45, 2.75) is 20.3 Å². The zero-order chi connectivity index (χ0) is 18.3. The third-order valence-electron chi connectivity index (χ3n) is 2.56. The minimum atomic E-state index is -0.372. The second-order valence-corrected chi connectivity index (χ2v) is 3.71. The number of aldehydes is 2. The molecule has 0 fully saturated rings. The Labute approximate surface area is 137 Å². The van der Waals surface area contributed by atoms with E-state index in [0.29, 0.717) is 23.3 Å². The molecule has 0 aliphatic carbocycles. The number of urea groups is 1. The number of benzene rings is 1. The van der Waals surface area contributed by atoms with Gasteiger partial charge in [0.15, 0.2) is 0 Å². The summed E-state index contributed by atoms with van der Waals surface area (Å²) < 4.78 is 5.17. The average molecular weight is 326 g/mol. The number of hydrogen-bond acceptors (Lipinski definition) is 5. The van der Waals surface area contributed by atoms with Gasteiger partial charge in [-0.15, -0.1) is 0 Å². The summed E-state index contributed by atoms with van der Waals surface area (Å²) in [5, 5.41) is 9.49. The molecule has 1 rings (SSSR count). The molecule has 0 spiro atoms. The van der Waals surface area contributed by atoms with Crippen molar-refractivity contribution in [1.29, 1.82) is 0 Å². The van der Waals surface area contributed by atoms with Crippen molar-refractivity contribution < 1.29 is 24.2 Å². The van der Waals surface area contributed by atoms with Crippen LogP contribution in [-0.4, -0.2) is 51.5 Å². The maximum absolute atomic E-state index is 11.8. The van der Waals surface area contributed by atoms with E-state index in [0.717, 1.165) is 13.4 Å². The average Bonchev–Trinajstić information content (AvgIpc) is 2.64. The normalized spacial score (nSPS) is 8.43. The van der Waals surface area contributed by atoms with E-state index >= 15 is 0 Å². The van der Waals surface area contributed by atoms with Crippen LogP contribution >= 0.6 is 0 Å². The second-order valence-electron chi connectivity index (χ2n) is 3.71. The zero-order valence-electron chi connectivity index (χ0n) is 14.3. The van der Waals surface area contributed by atoms with Crippen molar-refractivity contribution in [3.05, 3.63) is 23.8 Å². The van der Waals surface area contributed by atoms with Crippen molar-refractivity contribution in [3.8, 4) is 5.75 Å². The molecular weight excluding hydrogens is 300 g/mol. The van der Waals surface area contributed by atoms with Crippen LogP contribution in [0, 0.1) is 0 Å². The first kappa shape index (κ1) is 22.9. The summed E-state index contributed by atoms with van der Waals surface area (Å²) in [6, 6.07) is 4.38. The van der Waals surface area contributed by atoms with E-state index in [-0.39, 0.29) is 19.0 Å². The number of methoxy groups -OCH3 is 1. The Hall–Kier alpha value is -2.41. The minimum absolute atomic E-state index is 0.196. The highest BCUT2D eigenvalue weighted by molar-refractivity contribution is 5.95. The molecule has 0 unspecified atom stereocenters. The molecule has 23 heavy (non-hydrogen) atoms. The van der Waals surface area contributed by atoms with Crippen molar-refractivity contribution in [3.63, 3.8) is 0 Å². The quantitative estimate of drug-likeness (QED) is 0.778. The standard InChI is InChI=1S/C13H16N2O4.C2H6.CH4O/c1-14-13(18)15(6-3-7-16)11-8-10(9-17)4-5-12(11)19-2;2*1-2/h4-5,7-9H,3,6H2,1-2H3,(H,14,18);1-2H3;2H,1H3. The minimum Gasteiger partial charge on any atom is -0.495 e. The predicted octanol–water partition coefficient (Wildman–Crippen LogP) is 1.88. The van der Waals surface area contributed by atoms with Gasteiger partial charge in [-0.3, -0.25) is 9.69 Å². The Balaban J connectivity index is 0. The summed E-state index contributed by atoms with van der Waals surface area (Å²) in [4.78, 5) is 34.5. The van der Waals surface area contributed by atoms with Gasteiger partial charge in [0.2, 0.25) is 0 Å². The van der Waals surface area contributed by atoms with E-state index in [1.54, 1.807) is 18.2 Å². The second kappa shape index (κ2) is 14.5. The van der Waals surface area contributed by atoms with E-state index in [1.807, 2.05) is 13.8 Å². The number of rotatable bonds is 6. The maximum Gasteiger partial charge on any atom is 0.321 e. The highest BCUT2D eigenvalue weighted by Gasteiger charge is 2.18. The number of carbonyl (C=O) groups is 3. The van der Waals surface area contributed by atoms with Gasteiger partial charge in [-0.2, -0.15) is 0 Å². The summed E-state index contributed by atoms with van der Waals surface area (Å²) in [7, 11) is 3.97. The highest BCUT2D eigenvalue weighted by atomic mass is 16.5. The molecule has 0 aromatic heterocycles. The molecule has 0 bridgehead atoms. The van der Waals surface area contributed by atoms with Crippen LogP contribution in [0.1, 0.15) is 30.6 Å². The summed E-state index contributed by atoms with van der Waals surface area (Å²) >= 11 is 0. The van der Waals surface area contributed by atoms with Crippen molar-refractivity contribution >= 4 is 24.3 Å². The molecule has 1 aromatic rings. The number of aliphatic hydroxyl groups is 1. The Kier molecular flexibility index (Phi) is 14.4. The molecule has 1 aromatic carbocycles. The van der Waals surface area contributed by atoms with Gasteiger partial charge in [0, 0.05) is 32.7 Å². The number of nitrogens with one attached hydrogen (secondary N) is 1. The van der Waals surface area contributed by atoms with E-state index in [1.165, 1.54) is 19.1 Å². The number of aliphatic hydroxyl groups excluding tert-OH is 1. The molecule has 2 amide bonds. The lowest BCUT2D eigenvalue weighted by Crippen LogP contribution is -2.39. The molecule has 7 heteroatoms. The molecule has 0 atom stereocenters. The van der Waals surface area contributed by atoms with Crippen LogP contribution in [-0.2, 0) is 4.79 Å². The lowest BCUT2D eigenvalue weighted by atomic mass is 10.2. The highest BCUT2D eigenvalue weighted by Crippen LogP contribution is 2.29. The van der Waals surface area contributed by atoms with Gasteiger partial charge in [-0.25, -0.2) is 4.79 Å². The molecule has 2 N–H and O–H groups in total. The van der Waals surface area contributed by atoms with Crippen LogP contribution in [0.2, 0.25) is 0 Å². The Morgan fingerprint density at radius 2 is 1.91 bits per heavy atom. The fraction of sp³-hybridized carbons (Fsp3) is 0.438. The van der Waals surface area contributed by atoms with Gasteiger partial charge < -0.3 is 20.0 Å². The number of carbonyl (C=O) groups excluding carboxylic acids is 3. The lowest BCUT2D eigenvalue weighted by Gasteiger charge is -2.23. The molecule has 0 aliphatic rings. The first-order chi connectivity index (χ1) is 11.2. The van der Waals surface area contributed by atoms with Crippen LogP contribution in [0.5, 0.6) is 5.75 Å². The Morgan fingerprint density at radius 1 is 1.30 bits per heavy atom. The topological polar surface area (TPSA) is 95.9 Å². The van der Waals surface area contributed by atoms with E-state index in [9.17, 15) is 14.4 Å². The van der Waals surface area contributed by atoms with Crippen LogP contribution in [0.15, 0.2) is 18.2 Å². The molecular formula is C16H26N2O5. The molecule has 0 heterocycles. The summed E-state index contributed by atoms with van der Waals surface area (Å²) in [6.45, 7) is 4.21. The lowest BCUT2D eigenvalue weighted by molar-refractivity contribution is -0.107. The molecule has 130 valence electrons. The van der Waals surface area contributed by atoms with Crippen molar-refractivity contribution in [1.82, 2.24) is 5.32 Å². The fourth-order valence-electron chi connectivity index (χ4n) is 1.64. The van der Waals surface area contributed by atoms with Gasteiger partial charge in [0.05, 0.1) is 12.8 Å². The van der Waals surface area contributed by atoms with Gasteiger partial charge in [-0.05, 0) is 18.2 Å². The first-order valence-corrected chi connectivity index (χ1v) is 7.18. The van der Waals surface area contributed by atoms with Crippen LogP contribution in [0.3, 0.4) is 0 Å². The first-order valence-electron chi connectivity index (χ1n) is 7.18. The third-order valence-corrected chi connectivity index (χ3v) is 2.56. The van der Waals surface area contributed by atoms with E-state index in [2.05, 4.69) is 5.32 Å². The molecule has 0 saturated carbocycles. The van der Waals surface area contributed by atoms with E-state index in [4.69, 9.17) is 9.84 Å². The summed E-state index contributed by atoms with van der Waals surface area (Å²) in [5.41, 5.74) is 0.879. The number of amides is 2. The van der Waals surface area contributed by atoms with Gasteiger partial charge in [0.25, 0.3) is 0 Å². The predicted molar refractivity (Wildman–Crippen MR) is 90.4 cm³/mol. The molecule has 0 saturated heterocycles. The summed E-state index contributed by atoms with van der Waals surface area (Å²) in [5.74, 6) is 0.458. The summed E-state index contributed by atoms with van der Waals surface area (Å²) in [6.07, 6.45) is 1.61. The van der Waals surface area contributed by atoms with Crippen LogP contribution < -0.4 is 15.0 Å². The number of anilines is 1. The number of ether oxygens (including phenoxy) is 1. The van der Waals surface area contributed by atoms with Gasteiger partial charge in [-0.1, -0.05) is 13.8 Å². The fourth-order valence-corrected chi connectivity index (χ4v) is 1.64. The maximum atomic E-state index is 11.8. The smallest absolute Gasteiger partial charge is 0.321 e. The molecule has 0 aliphatic heterocycles. The SMILES string of the molecule is CC.CNC(=O)N(CCC=O)c1cc(C=O)ccc1OC.CO. The third kappa shape index (κ3) is 7.42. The Bertz CT molecular complexity index is 478. The van der Waals surface area contributed by atoms with Gasteiger partial charge >= 0.3 is 6.03 Å². The Morgan fingerprint density at radius 3 is 2.35 bits per heavy atom. The molecule has 7 nitrogen and oxygen atoms in total. The monoisotopic (exact) mass is 326 g/mol. The largest absolute Gasteiger partial charge is 0.495 e. The van der Waals surface area contributed by atoms with Crippen molar-refractivity contribution in [2.75, 3.05) is 32.7 Å². The van der Waals surface area contributed by atoms with Crippen LogP contribution in [0.25, 0.3) is 0 Å². The molecule has 0 radical (unpaired) electrons. The number of nitrogens with zero attached hydrogens (tertiary/aromatic N) is 1. The van der Waals surface area contributed by atoms with Crippen molar-refractivity contribution in [2.24, 2.45) is 0 Å². The zero-order valence-corrected chi connectivity index (χ0v) is 14.3. The van der Waals surface area contributed by atoms with Crippen LogP contribution in [0.4, 0.5) is 10.5 Å². The van der Waals surface area contributed by atoms with Gasteiger partial charge in [0.1, 0.15) is 18.3 Å². The van der Waals surface area contributed by atoms with E-state index < -0.39 is 0 Å².